The number of carbonyl (C=O) groups is 1. The largest absolute Gasteiger partial charge is 0.387 e. The van der Waals surface area contributed by atoms with Gasteiger partial charge in [0.05, 0.1) is 11.0 Å². The maximum atomic E-state index is 11.9. The molecule has 0 saturated heterocycles. The topological polar surface area (TPSA) is 49.3 Å². The van der Waals surface area contributed by atoms with Gasteiger partial charge in [0, 0.05) is 19.5 Å². The minimum atomic E-state index is -0.555. The molecule has 0 radical (unpaired) electrons. The Morgan fingerprint density at radius 3 is 2.48 bits per heavy atom. The zero-order valence-electron chi connectivity index (χ0n) is 14.0. The number of rotatable bonds is 7. The highest BCUT2D eigenvalue weighted by Crippen LogP contribution is 2.23. The first kappa shape index (κ1) is 17.9. The Morgan fingerprint density at radius 1 is 1.22 bits per heavy atom. The number of hydrogen-bond donors (Lipinski definition) is 2. The summed E-state index contributed by atoms with van der Waals surface area (Å²) < 4.78 is 0. The molecule has 1 unspecified atom stereocenters. The maximum absolute atomic E-state index is 11.9. The first-order valence-corrected chi connectivity index (χ1v) is 8.82. The summed E-state index contributed by atoms with van der Waals surface area (Å²) in [6.07, 6.45) is -0.100. The van der Waals surface area contributed by atoms with Crippen molar-refractivity contribution in [1.29, 1.82) is 0 Å². The summed E-state index contributed by atoms with van der Waals surface area (Å²) in [5.41, 5.74) is 2.27. The second-order valence-electron chi connectivity index (χ2n) is 6.74. The summed E-state index contributed by atoms with van der Waals surface area (Å²) in [5, 5.41) is 15.3. The Hall–Kier alpha value is -1.49. The third-order valence-electron chi connectivity index (χ3n) is 3.82. The van der Waals surface area contributed by atoms with Gasteiger partial charge in [0.15, 0.2) is 5.78 Å². The number of Topliss-reactive ketones (excluding diaryl/α,β-unsaturated/α-hetero) is 1. The van der Waals surface area contributed by atoms with E-state index in [0.29, 0.717) is 19.5 Å². The molecule has 2 rings (SSSR count). The SMILES string of the molecule is CC(C)(C)c1ccc(C(O)CNCCC(=O)c2cccs2)cc1. The van der Waals surface area contributed by atoms with Gasteiger partial charge >= 0.3 is 0 Å². The molecule has 3 nitrogen and oxygen atoms in total. The molecule has 0 amide bonds. The molecule has 0 bridgehead atoms. The van der Waals surface area contributed by atoms with Crippen molar-refractivity contribution in [3.05, 3.63) is 57.8 Å². The lowest BCUT2D eigenvalue weighted by atomic mass is 9.86. The molecule has 2 N–H and O–H groups in total. The summed E-state index contributed by atoms with van der Waals surface area (Å²) in [6.45, 7) is 7.54. The zero-order valence-corrected chi connectivity index (χ0v) is 14.8. The molecule has 124 valence electrons. The molecule has 1 aromatic heterocycles. The van der Waals surface area contributed by atoms with E-state index in [-0.39, 0.29) is 11.2 Å². The summed E-state index contributed by atoms with van der Waals surface area (Å²) in [4.78, 5) is 12.7. The molecule has 0 saturated carbocycles. The van der Waals surface area contributed by atoms with Crippen molar-refractivity contribution in [3.8, 4) is 0 Å². The lowest BCUT2D eigenvalue weighted by molar-refractivity contribution is 0.0983. The van der Waals surface area contributed by atoms with Gasteiger partial charge in [0.25, 0.3) is 0 Å². The van der Waals surface area contributed by atoms with Crippen molar-refractivity contribution in [3.63, 3.8) is 0 Å². The zero-order chi connectivity index (χ0) is 16.9. The van der Waals surface area contributed by atoms with E-state index in [4.69, 9.17) is 0 Å². The average molecular weight is 331 g/mol. The Morgan fingerprint density at radius 2 is 1.91 bits per heavy atom. The van der Waals surface area contributed by atoms with Crippen molar-refractivity contribution < 1.29 is 9.90 Å². The highest BCUT2D eigenvalue weighted by atomic mass is 32.1. The highest BCUT2D eigenvalue weighted by molar-refractivity contribution is 7.12. The van der Waals surface area contributed by atoms with Gasteiger partial charge in [-0.25, -0.2) is 0 Å². The van der Waals surface area contributed by atoms with Crippen molar-refractivity contribution >= 4 is 17.1 Å². The van der Waals surface area contributed by atoms with Crippen LogP contribution < -0.4 is 5.32 Å². The van der Waals surface area contributed by atoms with Crippen LogP contribution in [0.3, 0.4) is 0 Å². The Labute approximate surface area is 142 Å². The third-order valence-corrected chi connectivity index (χ3v) is 4.73. The van der Waals surface area contributed by atoms with Gasteiger partial charge in [-0.3, -0.25) is 4.79 Å². The minimum absolute atomic E-state index is 0.115. The number of thiophene rings is 1. The van der Waals surface area contributed by atoms with Gasteiger partial charge in [0.1, 0.15) is 0 Å². The molecule has 23 heavy (non-hydrogen) atoms. The second-order valence-corrected chi connectivity index (χ2v) is 7.69. The Balaban J connectivity index is 1.76. The number of ketones is 1. The predicted molar refractivity (Wildman–Crippen MR) is 96.2 cm³/mol. The quantitative estimate of drug-likeness (QED) is 0.597. The van der Waals surface area contributed by atoms with Crippen molar-refractivity contribution in [2.75, 3.05) is 13.1 Å². The predicted octanol–water partition coefficient (Wildman–Crippen LogP) is 3.94. The summed E-state index contributed by atoms with van der Waals surface area (Å²) in [7, 11) is 0. The van der Waals surface area contributed by atoms with Crippen LogP contribution in [0.1, 0.15) is 54.1 Å². The molecule has 0 aliphatic carbocycles. The number of aliphatic hydroxyl groups is 1. The van der Waals surface area contributed by atoms with Crippen molar-refractivity contribution in [2.24, 2.45) is 0 Å². The van der Waals surface area contributed by atoms with Crippen LogP contribution in [-0.2, 0) is 5.41 Å². The van der Waals surface area contributed by atoms with Crippen LogP contribution >= 0.6 is 11.3 Å². The highest BCUT2D eigenvalue weighted by Gasteiger charge is 2.14. The number of benzene rings is 1. The standard InChI is InChI=1S/C19H25NO2S/c1-19(2,3)15-8-6-14(7-9-15)17(22)13-20-11-10-16(21)18-5-4-12-23-18/h4-9,12,17,20,22H,10-11,13H2,1-3H3. The Bertz CT molecular complexity index is 612. The van der Waals surface area contributed by atoms with E-state index >= 15 is 0 Å². The number of nitrogens with one attached hydrogen (secondary N) is 1. The van der Waals surface area contributed by atoms with Crippen LogP contribution in [0.5, 0.6) is 0 Å². The fourth-order valence-electron chi connectivity index (χ4n) is 2.32. The number of hydrogen-bond acceptors (Lipinski definition) is 4. The average Bonchev–Trinajstić information content (AvgIpc) is 3.05. The molecule has 1 heterocycles. The van der Waals surface area contributed by atoms with E-state index in [1.807, 2.05) is 29.6 Å². The van der Waals surface area contributed by atoms with Gasteiger partial charge < -0.3 is 10.4 Å². The van der Waals surface area contributed by atoms with Crippen LogP contribution in [0.25, 0.3) is 0 Å². The molecule has 0 fully saturated rings. The fourth-order valence-corrected chi connectivity index (χ4v) is 3.02. The molecule has 0 aliphatic rings. The fraction of sp³-hybridized carbons (Fsp3) is 0.421. The summed E-state index contributed by atoms with van der Waals surface area (Å²) >= 11 is 1.47. The van der Waals surface area contributed by atoms with Gasteiger partial charge in [-0.1, -0.05) is 51.1 Å². The van der Waals surface area contributed by atoms with E-state index < -0.39 is 6.10 Å². The van der Waals surface area contributed by atoms with E-state index in [2.05, 4.69) is 38.2 Å². The molecule has 4 heteroatoms. The number of carbonyl (C=O) groups excluding carboxylic acids is 1. The van der Waals surface area contributed by atoms with Gasteiger partial charge in [0.2, 0.25) is 0 Å². The molecule has 1 atom stereocenters. The molecular weight excluding hydrogens is 306 g/mol. The lowest BCUT2D eigenvalue weighted by Gasteiger charge is -2.20. The van der Waals surface area contributed by atoms with Crippen LogP contribution in [0.4, 0.5) is 0 Å². The van der Waals surface area contributed by atoms with Gasteiger partial charge in [-0.05, 0) is 28.0 Å². The second kappa shape index (κ2) is 7.86. The van der Waals surface area contributed by atoms with E-state index in [1.54, 1.807) is 0 Å². The van der Waals surface area contributed by atoms with Crippen molar-refractivity contribution in [1.82, 2.24) is 5.32 Å². The summed E-state index contributed by atoms with van der Waals surface area (Å²) in [5.74, 6) is 0.150. The number of aliphatic hydroxyl groups excluding tert-OH is 1. The van der Waals surface area contributed by atoms with Crippen LogP contribution in [0.15, 0.2) is 41.8 Å². The van der Waals surface area contributed by atoms with Gasteiger partial charge in [-0.2, -0.15) is 0 Å². The molecular formula is C19H25NO2S. The van der Waals surface area contributed by atoms with Crippen LogP contribution in [-0.4, -0.2) is 24.0 Å². The van der Waals surface area contributed by atoms with Crippen LogP contribution in [0, 0.1) is 0 Å². The van der Waals surface area contributed by atoms with Crippen molar-refractivity contribution in [2.45, 2.75) is 38.7 Å². The maximum Gasteiger partial charge on any atom is 0.174 e. The normalized spacial score (nSPS) is 13.0. The summed E-state index contributed by atoms with van der Waals surface area (Å²) in [6, 6.07) is 11.8. The van der Waals surface area contributed by atoms with Crippen LogP contribution in [0.2, 0.25) is 0 Å². The molecule has 2 aromatic rings. The van der Waals surface area contributed by atoms with E-state index in [0.717, 1.165) is 10.4 Å². The minimum Gasteiger partial charge on any atom is -0.387 e. The smallest absolute Gasteiger partial charge is 0.174 e. The molecule has 0 aliphatic heterocycles. The first-order valence-electron chi connectivity index (χ1n) is 7.94. The molecule has 0 spiro atoms. The van der Waals surface area contributed by atoms with E-state index in [1.165, 1.54) is 16.9 Å². The third kappa shape index (κ3) is 5.27. The Kier molecular flexibility index (Phi) is 6.10. The lowest BCUT2D eigenvalue weighted by Crippen LogP contribution is -2.24. The molecule has 1 aromatic carbocycles. The van der Waals surface area contributed by atoms with Gasteiger partial charge in [-0.15, -0.1) is 11.3 Å². The van der Waals surface area contributed by atoms with E-state index in [9.17, 15) is 9.90 Å². The first-order chi connectivity index (χ1) is 10.9. The monoisotopic (exact) mass is 331 g/mol.